The first-order valence-corrected chi connectivity index (χ1v) is 8.42. The van der Waals surface area contributed by atoms with E-state index in [9.17, 15) is 13.2 Å². The molecule has 1 fully saturated rings. The van der Waals surface area contributed by atoms with Crippen LogP contribution in [0.4, 0.5) is 5.69 Å². The molecule has 6 nitrogen and oxygen atoms in total. The summed E-state index contributed by atoms with van der Waals surface area (Å²) in [5.74, 6) is -0.0394. The molecule has 0 aliphatic carbocycles. The van der Waals surface area contributed by atoms with E-state index >= 15 is 0 Å². The highest BCUT2D eigenvalue weighted by atomic mass is 32.2. The predicted molar refractivity (Wildman–Crippen MR) is 77.6 cm³/mol. The zero-order valence-electron chi connectivity index (χ0n) is 11.7. The van der Waals surface area contributed by atoms with E-state index in [1.54, 1.807) is 25.4 Å². The van der Waals surface area contributed by atoms with E-state index < -0.39 is 9.84 Å². The number of hydrogen-bond donors (Lipinski definition) is 1. The molecule has 1 saturated heterocycles. The van der Waals surface area contributed by atoms with Crippen LogP contribution in [0.2, 0.25) is 0 Å². The number of carbonyl (C=O) groups is 1. The van der Waals surface area contributed by atoms with Gasteiger partial charge in [0.2, 0.25) is 0 Å². The molecule has 2 heterocycles. The van der Waals surface area contributed by atoms with E-state index in [4.69, 9.17) is 0 Å². The van der Waals surface area contributed by atoms with Crippen molar-refractivity contribution in [1.29, 1.82) is 0 Å². The summed E-state index contributed by atoms with van der Waals surface area (Å²) in [6.07, 6.45) is 2.11. The summed E-state index contributed by atoms with van der Waals surface area (Å²) in [6.45, 7) is 2.77. The van der Waals surface area contributed by atoms with Crippen molar-refractivity contribution in [2.75, 3.05) is 30.4 Å². The molecule has 2 rings (SSSR count). The van der Waals surface area contributed by atoms with Gasteiger partial charge in [-0.05, 0) is 25.5 Å². The molecule has 1 aromatic rings. The largest absolute Gasteiger partial charge is 0.384 e. The molecular weight excluding hydrogens is 278 g/mol. The molecule has 0 aromatic carbocycles. The second kappa shape index (κ2) is 5.78. The zero-order chi connectivity index (χ0) is 14.8. The highest BCUT2D eigenvalue weighted by Gasteiger charge is 2.33. The first-order chi connectivity index (χ1) is 9.43. The lowest BCUT2D eigenvalue weighted by Gasteiger charge is -2.23. The van der Waals surface area contributed by atoms with Crippen molar-refractivity contribution >= 4 is 21.4 Å². The maximum atomic E-state index is 12.3. The van der Waals surface area contributed by atoms with Crippen LogP contribution in [0, 0.1) is 0 Å². The van der Waals surface area contributed by atoms with Crippen LogP contribution in [0.5, 0.6) is 0 Å². The van der Waals surface area contributed by atoms with Gasteiger partial charge >= 0.3 is 0 Å². The van der Waals surface area contributed by atoms with E-state index in [1.807, 2.05) is 6.92 Å². The zero-order valence-corrected chi connectivity index (χ0v) is 12.5. The molecule has 1 N–H and O–H groups in total. The number of pyridine rings is 1. The second-order valence-electron chi connectivity index (χ2n) is 4.94. The SMILES string of the molecule is CCNc1ccc(C(=O)N(C)C2CCS(=O)(=O)C2)nc1. The molecular formula is C13H19N3O3S. The standard InChI is InChI=1S/C13H19N3O3S/c1-3-14-10-4-5-12(15-8-10)13(17)16(2)11-6-7-20(18,19)9-11/h4-5,8,11,14H,3,6-7,9H2,1-2H3. The number of amides is 1. The van der Waals surface area contributed by atoms with Crippen molar-refractivity contribution < 1.29 is 13.2 Å². The van der Waals surface area contributed by atoms with Gasteiger partial charge in [-0.15, -0.1) is 0 Å². The Kier molecular flexibility index (Phi) is 4.27. The molecule has 0 spiro atoms. The fraction of sp³-hybridized carbons (Fsp3) is 0.538. The topological polar surface area (TPSA) is 79.4 Å². The summed E-state index contributed by atoms with van der Waals surface area (Å²) >= 11 is 0. The number of anilines is 1. The molecule has 110 valence electrons. The highest BCUT2D eigenvalue weighted by molar-refractivity contribution is 7.91. The molecule has 1 aliphatic heterocycles. The average molecular weight is 297 g/mol. The van der Waals surface area contributed by atoms with Crippen LogP contribution in [-0.4, -0.2) is 55.3 Å². The Morgan fingerprint density at radius 3 is 2.75 bits per heavy atom. The molecule has 1 atom stereocenters. The maximum Gasteiger partial charge on any atom is 0.272 e. The number of nitrogens with zero attached hydrogens (tertiary/aromatic N) is 2. The smallest absolute Gasteiger partial charge is 0.272 e. The molecule has 1 aromatic heterocycles. The molecule has 1 aliphatic rings. The third-order valence-electron chi connectivity index (χ3n) is 3.44. The van der Waals surface area contributed by atoms with Crippen molar-refractivity contribution in [2.24, 2.45) is 0 Å². The monoisotopic (exact) mass is 297 g/mol. The van der Waals surface area contributed by atoms with Gasteiger partial charge in [0.05, 0.1) is 23.4 Å². The summed E-state index contributed by atoms with van der Waals surface area (Å²) in [5, 5.41) is 3.10. The number of carbonyl (C=O) groups excluding carboxylic acids is 1. The third-order valence-corrected chi connectivity index (χ3v) is 5.19. The second-order valence-corrected chi connectivity index (χ2v) is 7.16. The van der Waals surface area contributed by atoms with Crippen molar-refractivity contribution in [1.82, 2.24) is 9.88 Å². The highest BCUT2D eigenvalue weighted by Crippen LogP contribution is 2.18. The number of sulfone groups is 1. The van der Waals surface area contributed by atoms with E-state index in [0.717, 1.165) is 12.2 Å². The Bertz CT molecular complexity index is 583. The van der Waals surface area contributed by atoms with Gasteiger partial charge in [0.25, 0.3) is 5.91 Å². The van der Waals surface area contributed by atoms with Crippen molar-refractivity contribution in [2.45, 2.75) is 19.4 Å². The van der Waals surface area contributed by atoms with Gasteiger partial charge in [-0.25, -0.2) is 13.4 Å². The molecule has 1 unspecified atom stereocenters. The van der Waals surface area contributed by atoms with E-state index in [-0.39, 0.29) is 23.5 Å². The van der Waals surface area contributed by atoms with Gasteiger partial charge in [-0.3, -0.25) is 4.79 Å². The maximum absolute atomic E-state index is 12.3. The number of nitrogens with one attached hydrogen (secondary N) is 1. The van der Waals surface area contributed by atoms with Crippen LogP contribution in [0.25, 0.3) is 0 Å². The minimum absolute atomic E-state index is 0.0463. The first kappa shape index (κ1) is 14.8. The van der Waals surface area contributed by atoms with Crippen LogP contribution < -0.4 is 5.32 Å². The van der Waals surface area contributed by atoms with Gasteiger partial charge in [-0.2, -0.15) is 0 Å². The lowest BCUT2D eigenvalue weighted by molar-refractivity contribution is 0.0742. The Morgan fingerprint density at radius 1 is 1.50 bits per heavy atom. The Labute approximate surface area is 119 Å². The summed E-state index contributed by atoms with van der Waals surface area (Å²) in [5.41, 5.74) is 1.19. The molecule has 0 radical (unpaired) electrons. The van der Waals surface area contributed by atoms with E-state index in [2.05, 4.69) is 10.3 Å². The molecule has 1 amide bonds. The van der Waals surface area contributed by atoms with Gasteiger partial charge in [0.15, 0.2) is 9.84 Å². The predicted octanol–water partition coefficient (Wildman–Crippen LogP) is 0.772. The summed E-state index contributed by atoms with van der Waals surface area (Å²) < 4.78 is 22.9. The molecule has 0 bridgehead atoms. The fourth-order valence-corrected chi connectivity index (χ4v) is 4.03. The first-order valence-electron chi connectivity index (χ1n) is 6.60. The summed E-state index contributed by atoms with van der Waals surface area (Å²) in [6, 6.07) is 3.20. The van der Waals surface area contributed by atoms with Gasteiger partial charge in [-0.1, -0.05) is 0 Å². The lowest BCUT2D eigenvalue weighted by atomic mass is 10.2. The van der Waals surface area contributed by atoms with Crippen molar-refractivity contribution in [3.8, 4) is 0 Å². The van der Waals surface area contributed by atoms with Crippen LogP contribution in [-0.2, 0) is 9.84 Å². The van der Waals surface area contributed by atoms with Crippen molar-refractivity contribution in [3.05, 3.63) is 24.0 Å². The number of hydrogen-bond acceptors (Lipinski definition) is 5. The van der Waals surface area contributed by atoms with Gasteiger partial charge in [0, 0.05) is 19.6 Å². The third kappa shape index (κ3) is 3.27. The average Bonchev–Trinajstić information content (AvgIpc) is 2.79. The van der Waals surface area contributed by atoms with E-state index in [1.165, 1.54) is 4.90 Å². The summed E-state index contributed by atoms with van der Waals surface area (Å²) in [7, 11) is -1.36. The molecule has 20 heavy (non-hydrogen) atoms. The lowest BCUT2D eigenvalue weighted by Crippen LogP contribution is -2.38. The van der Waals surface area contributed by atoms with Gasteiger partial charge < -0.3 is 10.2 Å². The number of rotatable bonds is 4. The van der Waals surface area contributed by atoms with Gasteiger partial charge in [0.1, 0.15) is 5.69 Å². The van der Waals surface area contributed by atoms with Crippen LogP contribution in [0.3, 0.4) is 0 Å². The number of aromatic nitrogens is 1. The molecule has 0 saturated carbocycles. The van der Waals surface area contributed by atoms with Crippen LogP contribution in [0.15, 0.2) is 18.3 Å². The minimum Gasteiger partial charge on any atom is -0.384 e. The Morgan fingerprint density at radius 2 is 2.25 bits per heavy atom. The van der Waals surface area contributed by atoms with Crippen LogP contribution >= 0.6 is 0 Å². The normalized spacial score (nSPS) is 20.6. The quantitative estimate of drug-likeness (QED) is 0.888. The minimum atomic E-state index is -2.99. The van der Waals surface area contributed by atoms with Crippen LogP contribution in [0.1, 0.15) is 23.8 Å². The van der Waals surface area contributed by atoms with E-state index in [0.29, 0.717) is 12.1 Å². The summed E-state index contributed by atoms with van der Waals surface area (Å²) in [4.78, 5) is 17.9. The Hall–Kier alpha value is -1.63. The molecule has 7 heteroatoms. The van der Waals surface area contributed by atoms with Crippen molar-refractivity contribution in [3.63, 3.8) is 0 Å². The Balaban J connectivity index is 2.07. The fourth-order valence-electron chi connectivity index (χ4n) is 2.26.